The fraction of sp³-hybridized carbons (Fsp3) is 0.643. The van der Waals surface area contributed by atoms with E-state index in [4.69, 9.17) is 11.1 Å². The zero-order chi connectivity index (χ0) is 13.2. The standard InChI is InChI=1S/C14H21N5/c15-14(16)11-8-18-13(9-17-11)19-7-3-5-10-4-1-2-6-12(10)19/h8-10,12H,1-7H2,(H3,15,16)/t10-,12-/m1/s1. The van der Waals surface area contributed by atoms with Crippen molar-refractivity contribution in [1.29, 1.82) is 5.41 Å². The third-order valence-electron chi connectivity index (χ3n) is 4.45. The van der Waals surface area contributed by atoms with Crippen molar-refractivity contribution < 1.29 is 0 Å². The van der Waals surface area contributed by atoms with Gasteiger partial charge in [-0.1, -0.05) is 12.8 Å². The highest BCUT2D eigenvalue weighted by molar-refractivity contribution is 5.92. The van der Waals surface area contributed by atoms with E-state index in [1.165, 1.54) is 38.5 Å². The van der Waals surface area contributed by atoms with Crippen LogP contribution in [-0.2, 0) is 0 Å². The lowest BCUT2D eigenvalue weighted by Crippen LogP contribution is -2.47. The van der Waals surface area contributed by atoms with Crippen LogP contribution >= 0.6 is 0 Å². The molecule has 3 rings (SSSR count). The van der Waals surface area contributed by atoms with E-state index in [9.17, 15) is 0 Å². The van der Waals surface area contributed by atoms with Crippen LogP contribution in [-0.4, -0.2) is 28.4 Å². The average Bonchev–Trinajstić information content (AvgIpc) is 2.47. The summed E-state index contributed by atoms with van der Waals surface area (Å²) >= 11 is 0. The molecule has 102 valence electrons. The zero-order valence-corrected chi connectivity index (χ0v) is 11.2. The van der Waals surface area contributed by atoms with Crippen molar-refractivity contribution >= 4 is 11.7 Å². The van der Waals surface area contributed by atoms with Gasteiger partial charge in [-0.3, -0.25) is 5.41 Å². The molecule has 0 spiro atoms. The molecule has 0 amide bonds. The van der Waals surface area contributed by atoms with Crippen LogP contribution in [0.25, 0.3) is 0 Å². The van der Waals surface area contributed by atoms with E-state index < -0.39 is 0 Å². The van der Waals surface area contributed by atoms with E-state index in [0.717, 1.165) is 18.3 Å². The van der Waals surface area contributed by atoms with Crippen molar-refractivity contribution in [2.24, 2.45) is 11.7 Å². The van der Waals surface area contributed by atoms with E-state index in [1.54, 1.807) is 12.4 Å². The van der Waals surface area contributed by atoms with Crippen molar-refractivity contribution in [3.8, 4) is 0 Å². The summed E-state index contributed by atoms with van der Waals surface area (Å²) in [6.07, 6.45) is 11.3. The summed E-state index contributed by atoms with van der Waals surface area (Å²) in [6, 6.07) is 0.639. The second-order valence-corrected chi connectivity index (χ2v) is 5.62. The van der Waals surface area contributed by atoms with Crippen molar-refractivity contribution in [3.63, 3.8) is 0 Å². The van der Waals surface area contributed by atoms with Gasteiger partial charge in [-0.05, 0) is 31.6 Å². The fourth-order valence-corrected chi connectivity index (χ4v) is 3.52. The Bertz CT molecular complexity index is 453. The summed E-state index contributed by atoms with van der Waals surface area (Å²) in [7, 11) is 0. The fourth-order valence-electron chi connectivity index (χ4n) is 3.52. The molecule has 0 aromatic carbocycles. The number of nitrogen functional groups attached to an aromatic ring is 1. The second kappa shape index (κ2) is 5.15. The number of hydrogen-bond acceptors (Lipinski definition) is 4. The quantitative estimate of drug-likeness (QED) is 0.628. The molecule has 1 aliphatic heterocycles. The van der Waals surface area contributed by atoms with Gasteiger partial charge >= 0.3 is 0 Å². The summed E-state index contributed by atoms with van der Waals surface area (Å²) < 4.78 is 0. The highest BCUT2D eigenvalue weighted by atomic mass is 15.2. The van der Waals surface area contributed by atoms with Gasteiger partial charge in [0.05, 0.1) is 12.4 Å². The summed E-state index contributed by atoms with van der Waals surface area (Å²) in [6.45, 7) is 1.08. The number of amidine groups is 1. The van der Waals surface area contributed by atoms with Gasteiger partial charge in [0.2, 0.25) is 0 Å². The second-order valence-electron chi connectivity index (χ2n) is 5.62. The largest absolute Gasteiger partial charge is 0.382 e. The summed E-state index contributed by atoms with van der Waals surface area (Å²) in [5.41, 5.74) is 5.87. The number of nitrogens with one attached hydrogen (secondary N) is 1. The predicted octanol–water partition coefficient (Wildman–Crippen LogP) is 1.92. The lowest BCUT2D eigenvalue weighted by molar-refractivity contribution is 0.242. The predicted molar refractivity (Wildman–Crippen MR) is 75.4 cm³/mol. The maximum absolute atomic E-state index is 7.36. The molecule has 1 aliphatic carbocycles. The number of aromatic nitrogens is 2. The highest BCUT2D eigenvalue weighted by Crippen LogP contribution is 2.36. The molecule has 1 saturated carbocycles. The number of nitrogens with two attached hydrogens (primary N) is 1. The van der Waals surface area contributed by atoms with Crippen LogP contribution in [0.3, 0.4) is 0 Å². The van der Waals surface area contributed by atoms with Crippen LogP contribution in [0, 0.1) is 11.3 Å². The molecular formula is C14H21N5. The smallest absolute Gasteiger partial charge is 0.147 e. The Balaban J connectivity index is 1.81. The van der Waals surface area contributed by atoms with Gasteiger partial charge in [0.25, 0.3) is 0 Å². The van der Waals surface area contributed by atoms with Gasteiger partial charge < -0.3 is 10.6 Å². The molecule has 1 aromatic heterocycles. The summed E-state index contributed by atoms with van der Waals surface area (Å²) in [5, 5.41) is 7.36. The Morgan fingerprint density at radius 2 is 1.95 bits per heavy atom. The van der Waals surface area contributed by atoms with E-state index in [1.807, 2.05) is 0 Å². The first kappa shape index (κ1) is 12.4. The van der Waals surface area contributed by atoms with Crippen LogP contribution in [0.2, 0.25) is 0 Å². The Kier molecular flexibility index (Phi) is 3.36. The number of rotatable bonds is 2. The molecule has 1 saturated heterocycles. The van der Waals surface area contributed by atoms with Gasteiger partial charge in [-0.25, -0.2) is 9.97 Å². The average molecular weight is 259 g/mol. The minimum atomic E-state index is -0.0202. The maximum Gasteiger partial charge on any atom is 0.147 e. The molecule has 19 heavy (non-hydrogen) atoms. The van der Waals surface area contributed by atoms with E-state index in [-0.39, 0.29) is 5.84 Å². The SMILES string of the molecule is N=C(N)c1cnc(N2CCC[C@H]3CCCC[C@H]32)cn1. The Labute approximate surface area is 113 Å². The van der Waals surface area contributed by atoms with Crippen molar-refractivity contribution in [2.45, 2.75) is 44.6 Å². The molecule has 2 atom stereocenters. The van der Waals surface area contributed by atoms with Crippen molar-refractivity contribution in [2.75, 3.05) is 11.4 Å². The molecule has 1 aromatic rings. The third-order valence-corrected chi connectivity index (χ3v) is 4.45. The Hall–Kier alpha value is -1.65. The van der Waals surface area contributed by atoms with Crippen molar-refractivity contribution in [1.82, 2.24) is 9.97 Å². The third kappa shape index (κ3) is 2.41. The minimum Gasteiger partial charge on any atom is -0.382 e. The number of hydrogen-bond donors (Lipinski definition) is 2. The first-order valence-corrected chi connectivity index (χ1v) is 7.19. The van der Waals surface area contributed by atoms with E-state index in [2.05, 4.69) is 14.9 Å². The molecule has 2 aliphatic rings. The monoisotopic (exact) mass is 259 g/mol. The Morgan fingerprint density at radius 3 is 2.68 bits per heavy atom. The number of piperidine rings is 1. The van der Waals surface area contributed by atoms with E-state index >= 15 is 0 Å². The molecular weight excluding hydrogens is 238 g/mol. The van der Waals surface area contributed by atoms with Gasteiger partial charge in [-0.2, -0.15) is 0 Å². The first-order chi connectivity index (χ1) is 9.25. The summed E-state index contributed by atoms with van der Waals surface area (Å²) in [4.78, 5) is 11.1. The molecule has 0 unspecified atom stereocenters. The van der Waals surface area contributed by atoms with Crippen LogP contribution < -0.4 is 10.6 Å². The van der Waals surface area contributed by atoms with Crippen LogP contribution in [0.5, 0.6) is 0 Å². The van der Waals surface area contributed by atoms with Gasteiger partial charge in [0.15, 0.2) is 0 Å². The molecule has 0 radical (unpaired) electrons. The Morgan fingerprint density at radius 1 is 1.16 bits per heavy atom. The minimum absolute atomic E-state index is 0.0202. The van der Waals surface area contributed by atoms with Crippen LogP contribution in [0.4, 0.5) is 5.82 Å². The number of nitrogens with zero attached hydrogens (tertiary/aromatic N) is 3. The van der Waals surface area contributed by atoms with E-state index in [0.29, 0.717) is 11.7 Å². The number of fused-ring (bicyclic) bond motifs is 1. The van der Waals surface area contributed by atoms with Crippen LogP contribution in [0.15, 0.2) is 12.4 Å². The lowest BCUT2D eigenvalue weighted by atomic mass is 9.78. The molecule has 2 heterocycles. The highest BCUT2D eigenvalue weighted by Gasteiger charge is 2.33. The number of anilines is 1. The van der Waals surface area contributed by atoms with Gasteiger partial charge in [-0.15, -0.1) is 0 Å². The molecule has 0 bridgehead atoms. The zero-order valence-electron chi connectivity index (χ0n) is 11.2. The summed E-state index contributed by atoms with van der Waals surface area (Å²) in [5.74, 6) is 1.76. The van der Waals surface area contributed by atoms with Crippen LogP contribution in [0.1, 0.15) is 44.2 Å². The molecule has 2 fully saturated rings. The molecule has 5 nitrogen and oxygen atoms in total. The normalized spacial score (nSPS) is 26.8. The molecule has 3 N–H and O–H groups in total. The van der Waals surface area contributed by atoms with Gasteiger partial charge in [0.1, 0.15) is 17.3 Å². The molecule has 5 heteroatoms. The maximum atomic E-state index is 7.36. The lowest BCUT2D eigenvalue weighted by Gasteiger charge is -2.44. The van der Waals surface area contributed by atoms with Crippen molar-refractivity contribution in [3.05, 3.63) is 18.1 Å². The topological polar surface area (TPSA) is 78.9 Å². The first-order valence-electron chi connectivity index (χ1n) is 7.19. The van der Waals surface area contributed by atoms with Gasteiger partial charge in [0, 0.05) is 12.6 Å².